The molecule has 1 aliphatic carbocycles. The van der Waals surface area contributed by atoms with Crippen molar-refractivity contribution in [1.29, 1.82) is 5.26 Å². The highest BCUT2D eigenvalue weighted by Gasteiger charge is 2.54. The zero-order chi connectivity index (χ0) is 13.6. The first-order valence-electron chi connectivity index (χ1n) is 6.42. The third-order valence-electron chi connectivity index (χ3n) is 4.27. The quantitative estimate of drug-likeness (QED) is 0.666. The molecule has 0 bridgehead atoms. The first kappa shape index (κ1) is 13.4. The van der Waals surface area contributed by atoms with Gasteiger partial charge < -0.3 is 9.31 Å². The Morgan fingerprint density at radius 3 is 2.28 bits per heavy atom. The van der Waals surface area contributed by atoms with Crippen molar-refractivity contribution < 1.29 is 9.31 Å². The van der Waals surface area contributed by atoms with Gasteiger partial charge in [-0.15, -0.1) is 0 Å². The minimum Gasteiger partial charge on any atom is -0.403 e. The van der Waals surface area contributed by atoms with Gasteiger partial charge in [0.1, 0.15) is 0 Å². The molecule has 1 aliphatic heterocycles. The molecule has 2 atom stereocenters. The Bertz CT molecular complexity index is 429. The van der Waals surface area contributed by atoms with Gasteiger partial charge in [0.15, 0.2) is 0 Å². The molecule has 4 heteroatoms. The van der Waals surface area contributed by atoms with Crippen LogP contribution in [-0.4, -0.2) is 18.3 Å². The maximum atomic E-state index is 8.99. The molecule has 0 aromatic carbocycles. The predicted octanol–water partition coefficient (Wildman–Crippen LogP) is 3.10. The van der Waals surface area contributed by atoms with Crippen LogP contribution in [0.15, 0.2) is 23.8 Å². The Morgan fingerprint density at radius 1 is 1.22 bits per heavy atom. The van der Waals surface area contributed by atoms with E-state index in [1.54, 1.807) is 0 Å². The Hall–Kier alpha value is -1.05. The van der Waals surface area contributed by atoms with Gasteiger partial charge in [0.2, 0.25) is 0 Å². The molecule has 1 saturated heterocycles. The molecule has 0 aromatic heterocycles. The highest BCUT2D eigenvalue weighted by molar-refractivity contribution is 6.48. The zero-order valence-corrected chi connectivity index (χ0v) is 11.7. The Balaban J connectivity index is 2.22. The van der Waals surface area contributed by atoms with E-state index in [1.165, 1.54) is 0 Å². The van der Waals surface area contributed by atoms with E-state index in [1.807, 2.05) is 45.9 Å². The second kappa shape index (κ2) is 4.26. The fourth-order valence-corrected chi connectivity index (χ4v) is 2.25. The van der Waals surface area contributed by atoms with Gasteiger partial charge in [-0.1, -0.05) is 19.1 Å². The van der Waals surface area contributed by atoms with Crippen LogP contribution in [-0.2, 0) is 9.31 Å². The molecule has 2 unspecified atom stereocenters. The highest BCUT2D eigenvalue weighted by Crippen LogP contribution is 2.43. The summed E-state index contributed by atoms with van der Waals surface area (Å²) >= 11 is 0. The van der Waals surface area contributed by atoms with E-state index >= 15 is 0 Å². The predicted molar refractivity (Wildman–Crippen MR) is 71.8 cm³/mol. The number of nitrogens with zero attached hydrogens (tertiary/aromatic N) is 1. The van der Waals surface area contributed by atoms with Gasteiger partial charge in [0.05, 0.1) is 17.3 Å². The van der Waals surface area contributed by atoms with Crippen molar-refractivity contribution >= 4 is 7.12 Å². The van der Waals surface area contributed by atoms with Gasteiger partial charge in [-0.25, -0.2) is 0 Å². The summed E-state index contributed by atoms with van der Waals surface area (Å²) in [4.78, 5) is 0. The molecular weight excluding hydrogens is 225 g/mol. The summed E-state index contributed by atoms with van der Waals surface area (Å²) in [5, 5.41) is 8.99. The van der Waals surface area contributed by atoms with Crippen molar-refractivity contribution in [3.05, 3.63) is 23.8 Å². The largest absolute Gasteiger partial charge is 0.465 e. The van der Waals surface area contributed by atoms with Crippen LogP contribution in [0.2, 0.25) is 5.82 Å². The van der Waals surface area contributed by atoms with Crippen molar-refractivity contribution in [2.75, 3.05) is 0 Å². The van der Waals surface area contributed by atoms with Crippen LogP contribution in [0.3, 0.4) is 0 Å². The molecule has 0 aromatic rings. The second-order valence-electron chi connectivity index (χ2n) is 6.15. The van der Waals surface area contributed by atoms with E-state index in [9.17, 15) is 0 Å². The number of hydrogen-bond donors (Lipinski definition) is 0. The molecule has 0 saturated carbocycles. The molecular formula is C14H20BNO2. The number of nitriles is 1. The van der Waals surface area contributed by atoms with Gasteiger partial charge in [0, 0.05) is 11.4 Å². The van der Waals surface area contributed by atoms with Gasteiger partial charge in [-0.3, -0.25) is 0 Å². The summed E-state index contributed by atoms with van der Waals surface area (Å²) in [6.07, 6.45) is 5.88. The Kier molecular flexibility index (Phi) is 3.17. The summed E-state index contributed by atoms with van der Waals surface area (Å²) in [5.41, 5.74) is 0.0473. The molecule has 2 rings (SSSR count). The molecule has 0 radical (unpaired) electrons. The maximum absolute atomic E-state index is 8.99. The van der Waals surface area contributed by atoms with Crippen LogP contribution in [0.5, 0.6) is 0 Å². The summed E-state index contributed by atoms with van der Waals surface area (Å²) in [6.45, 7) is 10.3. The molecule has 1 fully saturated rings. The van der Waals surface area contributed by atoms with E-state index in [4.69, 9.17) is 14.6 Å². The van der Waals surface area contributed by atoms with Crippen LogP contribution < -0.4 is 0 Å². The van der Waals surface area contributed by atoms with Crippen LogP contribution in [0.1, 0.15) is 34.6 Å². The fourth-order valence-electron chi connectivity index (χ4n) is 2.25. The van der Waals surface area contributed by atoms with Crippen molar-refractivity contribution in [2.24, 2.45) is 5.92 Å². The van der Waals surface area contributed by atoms with Crippen LogP contribution in [0, 0.1) is 17.2 Å². The number of rotatable bonds is 1. The lowest BCUT2D eigenvalue weighted by molar-refractivity contribution is 0.00578. The second-order valence-corrected chi connectivity index (χ2v) is 6.15. The van der Waals surface area contributed by atoms with Crippen LogP contribution in [0.4, 0.5) is 0 Å². The van der Waals surface area contributed by atoms with Crippen molar-refractivity contribution in [3.63, 3.8) is 0 Å². The van der Waals surface area contributed by atoms with Gasteiger partial charge in [0.25, 0.3) is 0 Å². The lowest BCUT2D eigenvalue weighted by atomic mass is 9.63. The van der Waals surface area contributed by atoms with E-state index in [0.717, 1.165) is 0 Å². The highest BCUT2D eigenvalue weighted by atomic mass is 16.7. The van der Waals surface area contributed by atoms with E-state index in [-0.39, 0.29) is 24.1 Å². The number of allylic oxidation sites excluding steroid dienone is 4. The van der Waals surface area contributed by atoms with Gasteiger partial charge in [-0.05, 0) is 39.7 Å². The first-order valence-corrected chi connectivity index (χ1v) is 6.42. The summed E-state index contributed by atoms with van der Waals surface area (Å²) in [6, 6.07) is 2.18. The van der Waals surface area contributed by atoms with Gasteiger partial charge >= 0.3 is 7.12 Å². The van der Waals surface area contributed by atoms with Crippen molar-refractivity contribution in [2.45, 2.75) is 51.6 Å². The Labute approximate surface area is 110 Å². The Morgan fingerprint density at radius 2 is 1.78 bits per heavy atom. The summed E-state index contributed by atoms with van der Waals surface area (Å²) in [5.74, 6) is 0.419. The molecule has 18 heavy (non-hydrogen) atoms. The molecule has 2 aliphatic rings. The zero-order valence-electron chi connectivity index (χ0n) is 11.7. The summed E-state index contributed by atoms with van der Waals surface area (Å²) in [7, 11) is -0.279. The lowest BCUT2D eigenvalue weighted by Gasteiger charge is -2.32. The molecule has 96 valence electrons. The normalized spacial score (nSPS) is 33.1. The van der Waals surface area contributed by atoms with Crippen LogP contribution >= 0.6 is 0 Å². The standard InChI is InChI=1S/C14H20BNO2/c1-10-6-7-11(9-16)8-12(10)15-17-13(2,3)14(4,5)18-15/h6-8,10,12H,1-5H3. The number of hydrogen-bond acceptors (Lipinski definition) is 3. The third-order valence-corrected chi connectivity index (χ3v) is 4.27. The van der Waals surface area contributed by atoms with E-state index < -0.39 is 0 Å². The monoisotopic (exact) mass is 245 g/mol. The minimum atomic E-state index is -0.320. The molecule has 0 N–H and O–H groups in total. The maximum Gasteiger partial charge on any atom is 0.465 e. The molecule has 1 heterocycles. The summed E-state index contributed by atoms with van der Waals surface area (Å²) < 4.78 is 12.1. The average molecular weight is 245 g/mol. The molecule has 0 spiro atoms. The first-order chi connectivity index (χ1) is 8.27. The van der Waals surface area contributed by atoms with E-state index in [0.29, 0.717) is 11.5 Å². The average Bonchev–Trinajstić information content (AvgIpc) is 2.48. The van der Waals surface area contributed by atoms with Gasteiger partial charge in [-0.2, -0.15) is 5.26 Å². The molecule has 0 amide bonds. The third kappa shape index (κ3) is 2.13. The van der Waals surface area contributed by atoms with Crippen molar-refractivity contribution in [1.82, 2.24) is 0 Å². The SMILES string of the molecule is CC1C=CC(C#N)=CC1B1OC(C)(C)C(C)(C)O1. The lowest BCUT2D eigenvalue weighted by Crippen LogP contribution is -2.41. The fraction of sp³-hybridized carbons (Fsp3) is 0.643. The molecule has 3 nitrogen and oxygen atoms in total. The smallest absolute Gasteiger partial charge is 0.403 e. The minimum absolute atomic E-state index is 0.103. The van der Waals surface area contributed by atoms with Crippen LogP contribution in [0.25, 0.3) is 0 Å². The van der Waals surface area contributed by atoms with E-state index in [2.05, 4.69) is 13.0 Å². The van der Waals surface area contributed by atoms with Crippen molar-refractivity contribution in [3.8, 4) is 6.07 Å². The topological polar surface area (TPSA) is 42.2 Å².